The highest BCUT2D eigenvalue weighted by Gasteiger charge is 2.32. The van der Waals surface area contributed by atoms with Crippen LogP contribution in [-0.4, -0.2) is 39.7 Å². The van der Waals surface area contributed by atoms with Gasteiger partial charge in [-0.3, -0.25) is 19.8 Å². The van der Waals surface area contributed by atoms with E-state index in [0.29, 0.717) is 0 Å². The van der Waals surface area contributed by atoms with E-state index >= 15 is 0 Å². The summed E-state index contributed by atoms with van der Waals surface area (Å²) in [5.41, 5.74) is -0.530. The van der Waals surface area contributed by atoms with Gasteiger partial charge in [-0.05, 0) is 17.7 Å². The van der Waals surface area contributed by atoms with Gasteiger partial charge in [-0.25, -0.2) is 0 Å². The Bertz CT molecular complexity index is 791. The summed E-state index contributed by atoms with van der Waals surface area (Å²) in [6, 6.07) is 2.23. The lowest BCUT2D eigenvalue weighted by molar-refractivity contribution is -0.398. The van der Waals surface area contributed by atoms with Crippen LogP contribution in [0.1, 0.15) is 5.56 Å². The van der Waals surface area contributed by atoms with Crippen molar-refractivity contribution in [1.82, 2.24) is 4.90 Å². The lowest BCUT2D eigenvalue weighted by atomic mass is 10.1. The van der Waals surface area contributed by atoms with Gasteiger partial charge >= 0.3 is 0 Å². The summed E-state index contributed by atoms with van der Waals surface area (Å²) >= 11 is 5.76. The first-order valence-corrected chi connectivity index (χ1v) is 7.45. The van der Waals surface area contributed by atoms with Crippen molar-refractivity contribution in [3.05, 3.63) is 32.7 Å². The first-order valence-electron chi connectivity index (χ1n) is 6.23. The number of rotatable bonds is 5. The second-order valence-electron chi connectivity index (χ2n) is 4.47. The standard InChI is InChI=1S/C13H10N2O7S2/c1-22-8-3-6(2-7(11(8)18)15(20)21)4-9-12(19)14(5-10(16)17)13(23)24-9/h2-4,18H,5H2,1H3,(H,16,17)/p-2/b9-4+. The number of ether oxygens (including phenoxy) is 1. The smallest absolute Gasteiger partial charge is 0.266 e. The molecule has 1 heterocycles. The van der Waals surface area contributed by atoms with E-state index in [2.05, 4.69) is 0 Å². The van der Waals surface area contributed by atoms with E-state index in [0.717, 1.165) is 22.7 Å². The average molecular weight is 368 g/mol. The zero-order valence-corrected chi connectivity index (χ0v) is 13.6. The molecule has 0 radical (unpaired) electrons. The van der Waals surface area contributed by atoms with Crippen LogP contribution in [0.5, 0.6) is 11.5 Å². The molecule has 2 rings (SSSR count). The molecule has 0 saturated carbocycles. The fourth-order valence-corrected chi connectivity index (χ4v) is 3.15. The number of hydrogen-bond donors (Lipinski definition) is 0. The summed E-state index contributed by atoms with van der Waals surface area (Å²) < 4.78 is 4.83. The van der Waals surface area contributed by atoms with E-state index in [1.165, 1.54) is 19.3 Å². The first kappa shape index (κ1) is 17.7. The molecule has 1 fully saturated rings. The molecule has 1 saturated heterocycles. The van der Waals surface area contributed by atoms with Gasteiger partial charge in [0.15, 0.2) is 0 Å². The molecule has 0 aromatic heterocycles. The minimum Gasteiger partial charge on any atom is -0.865 e. The van der Waals surface area contributed by atoms with Gasteiger partial charge in [-0.15, -0.1) is 0 Å². The average Bonchev–Trinajstić information content (AvgIpc) is 2.75. The normalized spacial score (nSPS) is 15.9. The number of benzene rings is 1. The predicted octanol–water partition coefficient (Wildman–Crippen LogP) is -0.372. The minimum atomic E-state index is -1.47. The Labute approximate surface area is 144 Å². The fourth-order valence-electron chi connectivity index (χ4n) is 1.90. The van der Waals surface area contributed by atoms with Crippen LogP contribution in [0.3, 0.4) is 0 Å². The lowest BCUT2D eigenvalue weighted by Gasteiger charge is -2.14. The fraction of sp³-hybridized carbons (Fsp3) is 0.154. The molecule has 11 heteroatoms. The van der Waals surface area contributed by atoms with Crippen LogP contribution >= 0.6 is 24.0 Å². The van der Waals surface area contributed by atoms with Crippen molar-refractivity contribution in [2.75, 3.05) is 13.7 Å². The van der Waals surface area contributed by atoms with Crippen molar-refractivity contribution >= 4 is 51.9 Å². The molecule has 0 spiro atoms. The highest BCUT2D eigenvalue weighted by molar-refractivity contribution is 8.26. The quantitative estimate of drug-likeness (QED) is 0.295. The molecule has 0 aliphatic carbocycles. The molecule has 0 atom stereocenters. The maximum absolute atomic E-state index is 12.1. The Kier molecular flexibility index (Phi) is 5.04. The molecular formula is C13H8N2O7S2-2. The molecular weight excluding hydrogens is 360 g/mol. The number of thiocarbonyl (C=S) groups is 1. The first-order chi connectivity index (χ1) is 11.2. The number of nitro groups is 1. The lowest BCUT2D eigenvalue weighted by Crippen LogP contribution is -2.40. The van der Waals surface area contributed by atoms with E-state index in [1.54, 1.807) is 0 Å². The third-order valence-electron chi connectivity index (χ3n) is 2.93. The van der Waals surface area contributed by atoms with Gasteiger partial charge in [0.25, 0.3) is 11.6 Å². The summed E-state index contributed by atoms with van der Waals surface area (Å²) in [6.07, 6.45) is 1.27. The summed E-state index contributed by atoms with van der Waals surface area (Å²) in [4.78, 5) is 33.7. The van der Waals surface area contributed by atoms with Crippen molar-refractivity contribution in [1.29, 1.82) is 0 Å². The number of amides is 1. The topological polar surface area (TPSA) is 136 Å². The number of nitro benzene ring substituents is 1. The zero-order valence-electron chi connectivity index (χ0n) is 12.0. The number of carboxylic acid groups (broad SMARTS) is 1. The summed E-state index contributed by atoms with van der Waals surface area (Å²) in [5, 5.41) is 33.3. The Morgan fingerprint density at radius 3 is 2.71 bits per heavy atom. The molecule has 1 aromatic rings. The van der Waals surface area contributed by atoms with Crippen LogP contribution in [0.25, 0.3) is 6.08 Å². The summed E-state index contributed by atoms with van der Waals surface area (Å²) in [6.45, 7) is -0.690. The largest absolute Gasteiger partial charge is 0.865 e. The van der Waals surface area contributed by atoms with Gasteiger partial charge in [0.2, 0.25) is 0 Å². The zero-order chi connectivity index (χ0) is 18.0. The Hall–Kier alpha value is -2.66. The van der Waals surface area contributed by atoms with Crippen molar-refractivity contribution in [2.45, 2.75) is 0 Å². The van der Waals surface area contributed by atoms with Crippen molar-refractivity contribution in [3.8, 4) is 11.5 Å². The number of hydrogen-bond acceptors (Lipinski definition) is 9. The van der Waals surface area contributed by atoms with E-state index < -0.39 is 34.8 Å². The second kappa shape index (κ2) is 6.84. The monoisotopic (exact) mass is 368 g/mol. The number of carbonyl (C=O) groups is 2. The molecule has 1 aliphatic rings. The Balaban J connectivity index is 2.43. The number of carbonyl (C=O) groups excluding carboxylic acids is 2. The van der Waals surface area contributed by atoms with E-state index in [4.69, 9.17) is 17.0 Å². The molecule has 0 unspecified atom stereocenters. The maximum Gasteiger partial charge on any atom is 0.266 e. The van der Waals surface area contributed by atoms with Crippen LogP contribution in [0.4, 0.5) is 5.69 Å². The van der Waals surface area contributed by atoms with Crippen LogP contribution in [0.2, 0.25) is 0 Å². The van der Waals surface area contributed by atoms with Crippen LogP contribution in [0.15, 0.2) is 17.0 Å². The van der Waals surface area contributed by atoms with E-state index in [9.17, 15) is 29.9 Å². The third kappa shape index (κ3) is 3.46. The molecule has 1 aromatic carbocycles. The predicted molar refractivity (Wildman–Crippen MR) is 84.0 cm³/mol. The van der Waals surface area contributed by atoms with Crippen LogP contribution in [0, 0.1) is 10.1 Å². The van der Waals surface area contributed by atoms with Crippen LogP contribution in [-0.2, 0) is 9.59 Å². The van der Waals surface area contributed by atoms with Crippen molar-refractivity contribution in [3.63, 3.8) is 0 Å². The molecule has 1 amide bonds. The maximum atomic E-state index is 12.1. The SMILES string of the molecule is COc1cc(/C=C2/SC(=S)N(CC(=O)[O-])C2=O)cc([N+](=O)[O-])c1[O-]. The van der Waals surface area contributed by atoms with Gasteiger partial charge in [-0.2, -0.15) is 0 Å². The molecule has 9 nitrogen and oxygen atoms in total. The third-order valence-corrected chi connectivity index (χ3v) is 4.31. The van der Waals surface area contributed by atoms with Crippen LogP contribution < -0.4 is 14.9 Å². The molecule has 24 heavy (non-hydrogen) atoms. The van der Waals surface area contributed by atoms with Gasteiger partial charge in [0, 0.05) is 11.8 Å². The van der Waals surface area contributed by atoms with Gasteiger partial charge in [0.1, 0.15) is 10.1 Å². The van der Waals surface area contributed by atoms with Gasteiger partial charge in [-0.1, -0.05) is 24.0 Å². The second-order valence-corrected chi connectivity index (χ2v) is 6.14. The van der Waals surface area contributed by atoms with E-state index in [-0.39, 0.29) is 20.5 Å². The Morgan fingerprint density at radius 2 is 2.17 bits per heavy atom. The molecule has 126 valence electrons. The number of nitrogens with zero attached hydrogens (tertiary/aromatic N) is 2. The van der Waals surface area contributed by atoms with Crippen molar-refractivity contribution < 1.29 is 29.5 Å². The van der Waals surface area contributed by atoms with Crippen molar-refractivity contribution in [2.24, 2.45) is 0 Å². The molecule has 1 aliphatic heterocycles. The Morgan fingerprint density at radius 1 is 1.50 bits per heavy atom. The highest BCUT2D eigenvalue weighted by Crippen LogP contribution is 2.37. The number of carboxylic acids is 1. The van der Waals surface area contributed by atoms with Gasteiger partial charge < -0.3 is 19.7 Å². The summed E-state index contributed by atoms with van der Waals surface area (Å²) in [5.74, 6) is -3.27. The van der Waals surface area contributed by atoms with E-state index in [1.807, 2.05) is 0 Å². The molecule has 0 bridgehead atoms. The number of aliphatic carboxylic acids is 1. The number of thioether (sulfide) groups is 1. The minimum absolute atomic E-state index is 0.0253. The van der Waals surface area contributed by atoms with Gasteiger partial charge in [0.05, 0.1) is 29.5 Å². The highest BCUT2D eigenvalue weighted by atomic mass is 32.2. The molecule has 0 N–H and O–H groups in total. The number of methoxy groups -OCH3 is 1. The summed E-state index contributed by atoms with van der Waals surface area (Å²) in [7, 11) is 1.18.